The molecule has 0 bridgehead atoms. The summed E-state index contributed by atoms with van der Waals surface area (Å²) in [6.45, 7) is 4.68. The maximum absolute atomic E-state index is 12.1. The van der Waals surface area contributed by atoms with Crippen molar-refractivity contribution in [3.05, 3.63) is 39.4 Å². The fourth-order valence-corrected chi connectivity index (χ4v) is 3.01. The van der Waals surface area contributed by atoms with Crippen LogP contribution in [0.25, 0.3) is 10.9 Å². The van der Waals surface area contributed by atoms with Crippen molar-refractivity contribution in [3.8, 4) is 0 Å². The van der Waals surface area contributed by atoms with Gasteiger partial charge in [0.1, 0.15) is 5.82 Å². The molecule has 0 amide bonds. The second-order valence-electron chi connectivity index (χ2n) is 5.84. The molecule has 0 saturated carbocycles. The predicted octanol–water partition coefficient (Wildman–Crippen LogP) is 1.75. The Bertz CT molecular complexity index is 714. The topological polar surface area (TPSA) is 75.0 Å². The molecule has 3 rings (SSSR count). The average Bonchev–Trinajstić information content (AvgIpc) is 2.44. The highest BCUT2D eigenvalue weighted by Gasteiger charge is 2.23. The summed E-state index contributed by atoms with van der Waals surface area (Å²) in [7, 11) is 0. The Hall–Kier alpha value is -1.43. The molecule has 1 aromatic carbocycles. The first-order valence-corrected chi connectivity index (χ1v) is 7.57. The zero-order valence-electron chi connectivity index (χ0n) is 12.0. The standard InChI is InChI=1S/C15H19ClN4O/c1-9-7-20(5-4-12(9)17)8-14-18-13-3-2-10(16)6-11(13)15(21)19-14/h2-3,6,9,12H,4-5,7-8,17H2,1H3,(H,18,19,21). The van der Waals surface area contributed by atoms with Gasteiger partial charge in [0.15, 0.2) is 0 Å². The Labute approximate surface area is 128 Å². The Balaban J connectivity index is 1.85. The van der Waals surface area contributed by atoms with E-state index in [0.29, 0.717) is 34.2 Å². The van der Waals surface area contributed by atoms with Crippen molar-refractivity contribution < 1.29 is 0 Å². The Morgan fingerprint density at radius 2 is 2.33 bits per heavy atom. The maximum Gasteiger partial charge on any atom is 0.258 e. The average molecular weight is 307 g/mol. The monoisotopic (exact) mass is 306 g/mol. The number of hydrogen-bond acceptors (Lipinski definition) is 4. The van der Waals surface area contributed by atoms with E-state index < -0.39 is 0 Å². The second-order valence-corrected chi connectivity index (χ2v) is 6.28. The van der Waals surface area contributed by atoms with E-state index in [1.54, 1.807) is 18.2 Å². The van der Waals surface area contributed by atoms with E-state index >= 15 is 0 Å². The molecule has 0 spiro atoms. The van der Waals surface area contributed by atoms with E-state index in [4.69, 9.17) is 17.3 Å². The third kappa shape index (κ3) is 3.10. The summed E-state index contributed by atoms with van der Waals surface area (Å²) in [6.07, 6.45) is 0.981. The smallest absolute Gasteiger partial charge is 0.258 e. The van der Waals surface area contributed by atoms with Crippen LogP contribution in [0, 0.1) is 5.92 Å². The summed E-state index contributed by atoms with van der Waals surface area (Å²) in [5.41, 5.74) is 6.57. The van der Waals surface area contributed by atoms with Crippen molar-refractivity contribution in [3.63, 3.8) is 0 Å². The summed E-state index contributed by atoms with van der Waals surface area (Å²) in [6, 6.07) is 5.45. The maximum atomic E-state index is 12.1. The van der Waals surface area contributed by atoms with Gasteiger partial charge in [-0.25, -0.2) is 4.98 Å². The molecular formula is C15H19ClN4O. The molecule has 2 unspecified atom stereocenters. The predicted molar refractivity (Wildman–Crippen MR) is 84.4 cm³/mol. The molecule has 1 saturated heterocycles. The van der Waals surface area contributed by atoms with Crippen molar-refractivity contribution in [2.24, 2.45) is 11.7 Å². The van der Waals surface area contributed by atoms with Gasteiger partial charge >= 0.3 is 0 Å². The summed E-state index contributed by atoms with van der Waals surface area (Å²) < 4.78 is 0. The first-order chi connectivity index (χ1) is 10.0. The number of rotatable bonds is 2. The van der Waals surface area contributed by atoms with Gasteiger partial charge in [-0.05, 0) is 30.5 Å². The number of aromatic nitrogens is 2. The lowest BCUT2D eigenvalue weighted by Crippen LogP contribution is -2.45. The number of nitrogens with one attached hydrogen (secondary N) is 1. The van der Waals surface area contributed by atoms with E-state index in [9.17, 15) is 4.79 Å². The molecule has 0 radical (unpaired) electrons. The molecule has 6 heteroatoms. The highest BCUT2D eigenvalue weighted by atomic mass is 35.5. The van der Waals surface area contributed by atoms with Crippen LogP contribution in [-0.4, -0.2) is 34.0 Å². The molecule has 1 aliphatic rings. The van der Waals surface area contributed by atoms with Crippen LogP contribution in [0.2, 0.25) is 5.02 Å². The zero-order chi connectivity index (χ0) is 15.0. The van der Waals surface area contributed by atoms with Crippen molar-refractivity contribution in [1.29, 1.82) is 0 Å². The van der Waals surface area contributed by atoms with Crippen LogP contribution in [0.4, 0.5) is 0 Å². The number of hydrogen-bond donors (Lipinski definition) is 2. The van der Waals surface area contributed by atoms with Gasteiger partial charge < -0.3 is 10.7 Å². The summed E-state index contributed by atoms with van der Waals surface area (Å²) in [4.78, 5) is 21.8. The molecule has 2 heterocycles. The van der Waals surface area contributed by atoms with Crippen molar-refractivity contribution in [2.75, 3.05) is 13.1 Å². The first-order valence-electron chi connectivity index (χ1n) is 7.19. The summed E-state index contributed by atoms with van der Waals surface area (Å²) >= 11 is 5.92. The van der Waals surface area contributed by atoms with Crippen LogP contribution >= 0.6 is 11.6 Å². The van der Waals surface area contributed by atoms with Crippen LogP contribution in [-0.2, 0) is 6.54 Å². The van der Waals surface area contributed by atoms with E-state index in [2.05, 4.69) is 21.8 Å². The largest absolute Gasteiger partial charge is 0.327 e. The van der Waals surface area contributed by atoms with Gasteiger partial charge in [0.25, 0.3) is 5.56 Å². The van der Waals surface area contributed by atoms with Crippen molar-refractivity contribution >= 4 is 22.5 Å². The molecule has 21 heavy (non-hydrogen) atoms. The fourth-order valence-electron chi connectivity index (χ4n) is 2.84. The van der Waals surface area contributed by atoms with Gasteiger partial charge in [0.2, 0.25) is 0 Å². The lowest BCUT2D eigenvalue weighted by Gasteiger charge is -2.34. The van der Waals surface area contributed by atoms with E-state index in [1.807, 2.05) is 0 Å². The second kappa shape index (κ2) is 5.75. The minimum absolute atomic E-state index is 0.140. The third-order valence-electron chi connectivity index (χ3n) is 4.15. The highest BCUT2D eigenvalue weighted by molar-refractivity contribution is 6.31. The van der Waals surface area contributed by atoms with E-state index in [0.717, 1.165) is 19.5 Å². The number of nitrogens with two attached hydrogens (primary N) is 1. The first kappa shape index (κ1) is 14.5. The number of likely N-dealkylation sites (tertiary alicyclic amines) is 1. The van der Waals surface area contributed by atoms with Crippen LogP contribution in [0.3, 0.4) is 0 Å². The van der Waals surface area contributed by atoms with Gasteiger partial charge in [-0.2, -0.15) is 0 Å². The number of aromatic amines is 1. The number of benzene rings is 1. The molecule has 1 aromatic heterocycles. The molecule has 0 aliphatic carbocycles. The van der Waals surface area contributed by atoms with E-state index in [1.165, 1.54) is 0 Å². The Kier molecular flexibility index (Phi) is 3.97. The number of nitrogens with zero attached hydrogens (tertiary/aromatic N) is 2. The van der Waals surface area contributed by atoms with Gasteiger partial charge in [-0.3, -0.25) is 9.69 Å². The van der Waals surface area contributed by atoms with Gasteiger partial charge in [0, 0.05) is 24.2 Å². The van der Waals surface area contributed by atoms with Crippen molar-refractivity contribution in [2.45, 2.75) is 25.9 Å². The SMILES string of the molecule is CC1CN(Cc2nc3ccc(Cl)cc3c(=O)[nH]2)CCC1N. The molecule has 2 atom stereocenters. The lowest BCUT2D eigenvalue weighted by atomic mass is 9.95. The number of fused-ring (bicyclic) bond motifs is 1. The minimum Gasteiger partial charge on any atom is -0.327 e. The molecule has 1 aliphatic heterocycles. The van der Waals surface area contributed by atoms with Crippen LogP contribution < -0.4 is 11.3 Å². The quantitative estimate of drug-likeness (QED) is 0.886. The van der Waals surface area contributed by atoms with Gasteiger partial charge in [-0.1, -0.05) is 18.5 Å². The van der Waals surface area contributed by atoms with Crippen LogP contribution in [0.5, 0.6) is 0 Å². The number of halogens is 1. The van der Waals surface area contributed by atoms with E-state index in [-0.39, 0.29) is 11.6 Å². The van der Waals surface area contributed by atoms with Crippen LogP contribution in [0.15, 0.2) is 23.0 Å². The number of piperidine rings is 1. The molecule has 112 valence electrons. The zero-order valence-corrected chi connectivity index (χ0v) is 12.7. The molecule has 3 N–H and O–H groups in total. The highest BCUT2D eigenvalue weighted by Crippen LogP contribution is 2.18. The van der Waals surface area contributed by atoms with Gasteiger partial charge in [0.05, 0.1) is 17.4 Å². The fraction of sp³-hybridized carbons (Fsp3) is 0.467. The Morgan fingerprint density at radius 1 is 1.52 bits per heavy atom. The molecule has 5 nitrogen and oxygen atoms in total. The summed E-state index contributed by atoms with van der Waals surface area (Å²) in [5.74, 6) is 1.15. The lowest BCUT2D eigenvalue weighted by molar-refractivity contribution is 0.154. The minimum atomic E-state index is -0.140. The molecule has 2 aromatic rings. The Morgan fingerprint density at radius 3 is 3.10 bits per heavy atom. The van der Waals surface area contributed by atoms with Crippen LogP contribution in [0.1, 0.15) is 19.2 Å². The van der Waals surface area contributed by atoms with Gasteiger partial charge in [-0.15, -0.1) is 0 Å². The summed E-state index contributed by atoms with van der Waals surface area (Å²) in [5, 5.41) is 1.07. The molecule has 1 fully saturated rings. The normalized spacial score (nSPS) is 23.6. The molecular weight excluding hydrogens is 288 g/mol. The van der Waals surface area contributed by atoms with Crippen molar-refractivity contribution in [1.82, 2.24) is 14.9 Å². The number of H-pyrrole nitrogens is 1. The third-order valence-corrected chi connectivity index (χ3v) is 4.38.